The average molecular weight is 837 g/mol. The molecule has 8 atom stereocenters. The van der Waals surface area contributed by atoms with Gasteiger partial charge in [-0.05, 0) is 73.8 Å². The van der Waals surface area contributed by atoms with E-state index < -0.39 is 53.0 Å². The second-order valence-electron chi connectivity index (χ2n) is 17.8. The molecule has 1 unspecified atom stereocenters. The van der Waals surface area contributed by atoms with E-state index in [4.69, 9.17) is 39.9 Å². The zero-order chi connectivity index (χ0) is 41.8. The van der Waals surface area contributed by atoms with E-state index >= 15 is 0 Å². The van der Waals surface area contributed by atoms with Gasteiger partial charge in [0, 0.05) is 31.0 Å². The van der Waals surface area contributed by atoms with E-state index in [1.165, 1.54) is 17.6 Å². The van der Waals surface area contributed by atoms with Crippen molar-refractivity contribution in [1.29, 1.82) is 0 Å². The number of hydrogen-bond acceptors (Lipinski definition) is 12. The van der Waals surface area contributed by atoms with Crippen LogP contribution >= 0.6 is 11.6 Å². The number of amides is 3. The Bertz CT molecular complexity index is 2110. The molecule has 16 nitrogen and oxygen atoms in total. The number of alkyl carbamates (subject to hydrolysis) is 1. The van der Waals surface area contributed by atoms with Gasteiger partial charge < -0.3 is 49.3 Å². The molecule has 3 heterocycles. The van der Waals surface area contributed by atoms with Gasteiger partial charge in [0.25, 0.3) is 6.01 Å². The first kappa shape index (κ1) is 40.9. The number of fused-ring (bicyclic) bond motifs is 2. The van der Waals surface area contributed by atoms with Crippen molar-refractivity contribution < 1.29 is 47.6 Å². The smallest absolute Gasteiger partial charge is 0.408 e. The van der Waals surface area contributed by atoms with E-state index in [9.17, 15) is 24.3 Å². The van der Waals surface area contributed by atoms with Crippen LogP contribution in [0.1, 0.15) is 79.1 Å². The van der Waals surface area contributed by atoms with Crippen molar-refractivity contribution >= 4 is 52.4 Å². The number of aromatic nitrogens is 2. The first-order valence-corrected chi connectivity index (χ1v) is 21.0. The molecule has 4 saturated carbocycles. The Morgan fingerprint density at radius 2 is 1.80 bits per heavy atom. The van der Waals surface area contributed by atoms with Crippen molar-refractivity contribution in [2.24, 2.45) is 23.2 Å². The third-order valence-electron chi connectivity index (χ3n) is 12.4. The molecular formula is C42H53ClN6O10. The first-order valence-electron chi connectivity index (χ1n) is 20.6. The number of anilines is 1. The maximum absolute atomic E-state index is 14.7. The van der Waals surface area contributed by atoms with Gasteiger partial charge in [0.05, 0.1) is 24.4 Å². The molecule has 4 N–H and O–H groups in total. The molecule has 0 bridgehead atoms. The fourth-order valence-electron chi connectivity index (χ4n) is 8.67. The molecule has 5 fully saturated rings. The Balaban J connectivity index is 1.10. The fourth-order valence-corrected chi connectivity index (χ4v) is 8.93. The van der Waals surface area contributed by atoms with Gasteiger partial charge in [0.15, 0.2) is 0 Å². The number of carbonyl (C=O) groups is 4. The number of benzene rings is 1. The number of aliphatic carboxylic acids is 1. The van der Waals surface area contributed by atoms with Crippen LogP contribution in [0.5, 0.6) is 11.5 Å². The predicted octanol–water partition coefficient (Wildman–Crippen LogP) is 5.80. The van der Waals surface area contributed by atoms with E-state index in [1.54, 1.807) is 25.3 Å². The van der Waals surface area contributed by atoms with Crippen LogP contribution in [0.4, 0.5) is 10.8 Å². The summed E-state index contributed by atoms with van der Waals surface area (Å²) in [7, 11) is 1.57. The molecule has 3 amide bonds. The Labute approximate surface area is 347 Å². The van der Waals surface area contributed by atoms with Crippen LogP contribution in [0.3, 0.4) is 0 Å². The lowest BCUT2D eigenvalue weighted by Gasteiger charge is -2.35. The summed E-state index contributed by atoms with van der Waals surface area (Å²) in [6.07, 6.45) is 5.59. The minimum atomic E-state index is -1.42. The topological polar surface area (TPSA) is 204 Å². The van der Waals surface area contributed by atoms with Crippen LogP contribution in [-0.2, 0) is 23.9 Å². The highest BCUT2D eigenvalue weighted by Crippen LogP contribution is 2.52. The number of carboxylic acid groups (broad SMARTS) is 1. The number of oxazole rings is 1. The number of likely N-dealkylation sites (tertiary alicyclic amines) is 1. The number of ether oxygens (including phenoxy) is 4. The molecule has 1 aromatic carbocycles. The van der Waals surface area contributed by atoms with Crippen LogP contribution in [0.15, 0.2) is 28.9 Å². The summed E-state index contributed by atoms with van der Waals surface area (Å²) in [6.45, 7) is 7.91. The zero-order valence-electron chi connectivity index (χ0n) is 34.0. The number of hydrogen-bond donors (Lipinski definition) is 4. The molecule has 8 rings (SSSR count). The lowest BCUT2D eigenvalue weighted by molar-refractivity contribution is -0.146. The summed E-state index contributed by atoms with van der Waals surface area (Å²) in [5.74, 6) is -0.547. The second kappa shape index (κ2) is 16.0. The fraction of sp³-hybridized carbons (Fsp3) is 0.619. The molecule has 318 valence electrons. The van der Waals surface area contributed by atoms with E-state index in [0.717, 1.165) is 25.7 Å². The van der Waals surface area contributed by atoms with E-state index in [0.29, 0.717) is 70.7 Å². The summed E-state index contributed by atoms with van der Waals surface area (Å²) in [5, 5.41) is 19.8. The van der Waals surface area contributed by atoms with Gasteiger partial charge >= 0.3 is 12.1 Å². The highest BCUT2D eigenvalue weighted by atomic mass is 35.5. The van der Waals surface area contributed by atoms with Crippen molar-refractivity contribution in [3.63, 3.8) is 0 Å². The lowest BCUT2D eigenvalue weighted by Crippen LogP contribution is -2.59. The highest BCUT2D eigenvalue weighted by Gasteiger charge is 2.61. The Morgan fingerprint density at radius 1 is 1.03 bits per heavy atom. The number of carbonyl (C=O) groups excluding carboxylic acids is 3. The predicted molar refractivity (Wildman–Crippen MR) is 215 cm³/mol. The molecule has 59 heavy (non-hydrogen) atoms. The van der Waals surface area contributed by atoms with Gasteiger partial charge in [0.2, 0.25) is 11.8 Å². The molecule has 2 aromatic heterocycles. The highest BCUT2D eigenvalue weighted by molar-refractivity contribution is 6.36. The van der Waals surface area contributed by atoms with Crippen LogP contribution in [-0.4, -0.2) is 107 Å². The maximum atomic E-state index is 14.7. The quantitative estimate of drug-likeness (QED) is 0.126. The molecule has 1 aliphatic heterocycles. The number of nitrogens with one attached hydrogen (secondary N) is 3. The van der Waals surface area contributed by atoms with Crippen LogP contribution in [0.2, 0.25) is 5.02 Å². The lowest BCUT2D eigenvalue weighted by atomic mass is 9.85. The monoisotopic (exact) mass is 836 g/mol. The number of halogens is 1. The van der Waals surface area contributed by atoms with Crippen molar-refractivity contribution in [3.05, 3.63) is 29.5 Å². The van der Waals surface area contributed by atoms with Gasteiger partial charge in [0.1, 0.15) is 64.9 Å². The van der Waals surface area contributed by atoms with E-state index in [1.807, 2.05) is 27.7 Å². The van der Waals surface area contributed by atoms with Crippen molar-refractivity contribution in [2.45, 2.75) is 115 Å². The van der Waals surface area contributed by atoms with Gasteiger partial charge in [-0.15, -0.1) is 0 Å². The molecule has 3 aromatic rings. The molecular weight excluding hydrogens is 784 g/mol. The van der Waals surface area contributed by atoms with Gasteiger partial charge in [-0.1, -0.05) is 45.7 Å². The summed E-state index contributed by atoms with van der Waals surface area (Å²) >= 11 is 6.94. The van der Waals surface area contributed by atoms with Crippen LogP contribution < -0.4 is 25.4 Å². The van der Waals surface area contributed by atoms with E-state index in [2.05, 4.69) is 20.9 Å². The second-order valence-corrected chi connectivity index (χ2v) is 18.2. The first-order chi connectivity index (χ1) is 28.2. The molecule has 0 spiro atoms. The SMILES string of the molecule is CC[C@@H]1C[C@]1(NC(=O)[C@@H]1C[C@@H](Oc2cc(-c3coc(NC4CC4)n3)nc3c(Cl)c(OCCOC)ccc23)CN1C(=O)[C@@H](NC(=O)OC1C[C@@H]2C[C@@H]2C1)C(C)(C)C)C(=O)O. The number of carboxylic acids is 1. The Morgan fingerprint density at radius 3 is 2.46 bits per heavy atom. The van der Waals surface area contributed by atoms with E-state index in [-0.39, 0.29) is 43.0 Å². The van der Waals surface area contributed by atoms with Gasteiger partial charge in [-0.3, -0.25) is 9.59 Å². The number of pyridine rings is 1. The summed E-state index contributed by atoms with van der Waals surface area (Å²) in [5.41, 5.74) is -1.02. The third kappa shape index (κ3) is 8.61. The third-order valence-corrected chi connectivity index (χ3v) is 12.7. The average Bonchev–Trinajstić information content (AvgIpc) is 4.14. The minimum Gasteiger partial charge on any atom is -0.490 e. The Kier molecular flexibility index (Phi) is 11.1. The number of rotatable bonds is 16. The standard InChI is InChI=1S/C42H53ClN6O10/c1-6-23-18-42(23,38(52)53)48-36(50)30-16-26(19-49(30)37(51)35(41(2,3)4)47-40(54)59-25-14-21-13-22(21)15-25)58-32-17-28(29-20-57-39(46-29)44-24-7-8-24)45-34-27(32)9-10-31(33(34)43)56-12-11-55-5/h9-10,17,20-26,30,35H,6-8,11-16,18-19H2,1-5H3,(H,44,46)(H,47,54)(H,48,50)(H,52,53)/t21-,22+,23-,25?,26-,30+,35-,42-/m1/s1. The summed E-state index contributed by atoms with van der Waals surface area (Å²) in [6, 6.07) is 3.66. The zero-order valence-corrected chi connectivity index (χ0v) is 34.8. The van der Waals surface area contributed by atoms with Gasteiger partial charge in [-0.25, -0.2) is 14.6 Å². The van der Waals surface area contributed by atoms with Crippen molar-refractivity contribution in [1.82, 2.24) is 25.5 Å². The molecule has 0 radical (unpaired) electrons. The normalized spacial score (nSPS) is 27.5. The maximum Gasteiger partial charge on any atom is 0.408 e. The largest absolute Gasteiger partial charge is 0.490 e. The summed E-state index contributed by atoms with van der Waals surface area (Å²) in [4.78, 5) is 65.6. The van der Waals surface area contributed by atoms with Crippen molar-refractivity contribution in [2.75, 3.05) is 32.2 Å². The molecule has 5 aliphatic rings. The Hall–Kier alpha value is -4.83. The molecule has 1 saturated heterocycles. The van der Waals surface area contributed by atoms with Crippen LogP contribution in [0.25, 0.3) is 22.3 Å². The summed E-state index contributed by atoms with van der Waals surface area (Å²) < 4.78 is 29.2. The van der Waals surface area contributed by atoms with Crippen molar-refractivity contribution in [3.8, 4) is 22.9 Å². The number of methoxy groups -OCH3 is 1. The minimum absolute atomic E-state index is 0.0285. The van der Waals surface area contributed by atoms with Crippen LogP contribution in [0, 0.1) is 23.2 Å². The molecule has 4 aliphatic carbocycles. The van der Waals surface area contributed by atoms with Gasteiger partial charge in [-0.2, -0.15) is 4.98 Å². The number of nitrogens with zero attached hydrogens (tertiary/aromatic N) is 3. The molecule has 17 heteroatoms.